The molecule has 1 amide bonds. The molecule has 1 aliphatic rings. The summed E-state index contributed by atoms with van der Waals surface area (Å²) in [5.41, 5.74) is 0.616. The number of amides is 1. The first kappa shape index (κ1) is 15.5. The van der Waals surface area contributed by atoms with Crippen molar-refractivity contribution in [1.29, 1.82) is 0 Å². The second-order valence-corrected chi connectivity index (χ2v) is 5.51. The molecule has 0 saturated carbocycles. The first-order chi connectivity index (χ1) is 11.1. The van der Waals surface area contributed by atoms with Crippen molar-refractivity contribution in [3.05, 3.63) is 59.9 Å². The number of hydrogen-bond acceptors (Lipinski definition) is 3. The fraction of sp³-hybridized carbons (Fsp3) is 0.278. The molecule has 4 nitrogen and oxygen atoms in total. The van der Waals surface area contributed by atoms with Crippen LogP contribution in [0.4, 0.5) is 4.39 Å². The third-order valence-corrected chi connectivity index (χ3v) is 3.68. The van der Waals surface area contributed by atoms with Crippen LogP contribution < -0.4 is 4.74 Å². The highest BCUT2D eigenvalue weighted by atomic mass is 19.1. The lowest BCUT2D eigenvalue weighted by Crippen LogP contribution is -2.44. The minimum Gasteiger partial charge on any atom is -0.457 e. The van der Waals surface area contributed by atoms with E-state index in [1.807, 2.05) is 6.92 Å². The third-order valence-electron chi connectivity index (χ3n) is 3.68. The molecule has 120 valence electrons. The lowest BCUT2D eigenvalue weighted by Gasteiger charge is -2.31. The number of morpholine rings is 1. The van der Waals surface area contributed by atoms with E-state index < -0.39 is 0 Å². The highest BCUT2D eigenvalue weighted by molar-refractivity contribution is 5.94. The van der Waals surface area contributed by atoms with E-state index in [1.165, 1.54) is 12.1 Å². The molecule has 0 bridgehead atoms. The Hall–Kier alpha value is -2.40. The minimum absolute atomic E-state index is 0.00604. The standard InChI is InChI=1S/C18H18FNO3/c1-13-12-20(10-11-22-13)18(21)14-2-6-16(7-3-14)23-17-8-4-15(19)5-9-17/h2-9,13H,10-12H2,1H3/t13-/m0/s1. The SMILES string of the molecule is C[C@H]1CN(C(=O)c2ccc(Oc3ccc(F)cc3)cc2)CCO1. The summed E-state index contributed by atoms with van der Waals surface area (Å²) >= 11 is 0. The molecule has 0 unspecified atom stereocenters. The Morgan fingerprint density at radius 1 is 1.13 bits per heavy atom. The van der Waals surface area contributed by atoms with Crippen molar-refractivity contribution < 1.29 is 18.7 Å². The van der Waals surface area contributed by atoms with Crippen molar-refractivity contribution in [2.75, 3.05) is 19.7 Å². The van der Waals surface area contributed by atoms with Gasteiger partial charge in [-0.1, -0.05) is 0 Å². The molecule has 1 aliphatic heterocycles. The molecule has 2 aromatic carbocycles. The van der Waals surface area contributed by atoms with Gasteiger partial charge in [0.05, 0.1) is 12.7 Å². The molecule has 1 fully saturated rings. The minimum atomic E-state index is -0.307. The van der Waals surface area contributed by atoms with Crippen LogP contribution in [0.5, 0.6) is 11.5 Å². The number of carbonyl (C=O) groups is 1. The number of benzene rings is 2. The smallest absolute Gasteiger partial charge is 0.254 e. The maximum atomic E-state index is 12.9. The van der Waals surface area contributed by atoms with Crippen LogP contribution in [0, 0.1) is 5.82 Å². The van der Waals surface area contributed by atoms with Gasteiger partial charge in [0.15, 0.2) is 0 Å². The number of carbonyl (C=O) groups excluding carboxylic acids is 1. The molecular weight excluding hydrogens is 297 g/mol. The normalized spacial score (nSPS) is 17.8. The fourth-order valence-corrected chi connectivity index (χ4v) is 2.49. The van der Waals surface area contributed by atoms with Crippen molar-refractivity contribution in [3.63, 3.8) is 0 Å². The van der Waals surface area contributed by atoms with E-state index in [4.69, 9.17) is 9.47 Å². The zero-order valence-electron chi connectivity index (χ0n) is 12.9. The van der Waals surface area contributed by atoms with E-state index in [1.54, 1.807) is 41.3 Å². The molecule has 0 aromatic heterocycles. The first-order valence-corrected chi connectivity index (χ1v) is 7.56. The Kier molecular flexibility index (Phi) is 4.57. The number of hydrogen-bond donors (Lipinski definition) is 0. The molecule has 2 aromatic rings. The van der Waals surface area contributed by atoms with Crippen molar-refractivity contribution in [2.45, 2.75) is 13.0 Å². The summed E-state index contributed by atoms with van der Waals surface area (Å²) in [6.07, 6.45) is 0.0637. The van der Waals surface area contributed by atoms with Crippen molar-refractivity contribution in [3.8, 4) is 11.5 Å². The number of halogens is 1. The van der Waals surface area contributed by atoms with Crippen LogP contribution in [0.15, 0.2) is 48.5 Å². The van der Waals surface area contributed by atoms with Gasteiger partial charge >= 0.3 is 0 Å². The van der Waals surface area contributed by atoms with E-state index in [-0.39, 0.29) is 17.8 Å². The van der Waals surface area contributed by atoms with Crippen LogP contribution >= 0.6 is 0 Å². The van der Waals surface area contributed by atoms with Crippen molar-refractivity contribution >= 4 is 5.91 Å². The monoisotopic (exact) mass is 315 g/mol. The summed E-state index contributed by atoms with van der Waals surface area (Å²) in [5.74, 6) is 0.836. The van der Waals surface area contributed by atoms with E-state index >= 15 is 0 Å². The van der Waals surface area contributed by atoms with Crippen LogP contribution in [-0.2, 0) is 4.74 Å². The molecule has 1 atom stereocenters. The quantitative estimate of drug-likeness (QED) is 0.870. The second kappa shape index (κ2) is 6.79. The summed E-state index contributed by atoms with van der Waals surface area (Å²) in [5, 5.41) is 0. The summed E-state index contributed by atoms with van der Waals surface area (Å²) in [6.45, 7) is 3.74. The Morgan fingerprint density at radius 3 is 2.35 bits per heavy atom. The van der Waals surface area contributed by atoms with Gasteiger partial charge in [-0.2, -0.15) is 0 Å². The molecule has 0 spiro atoms. The van der Waals surface area contributed by atoms with Crippen LogP contribution in [0.2, 0.25) is 0 Å². The molecule has 0 radical (unpaired) electrons. The van der Waals surface area contributed by atoms with Gasteiger partial charge in [-0.15, -0.1) is 0 Å². The van der Waals surface area contributed by atoms with E-state index in [9.17, 15) is 9.18 Å². The maximum absolute atomic E-state index is 12.9. The Labute approximate surface area is 134 Å². The van der Waals surface area contributed by atoms with Gasteiger partial charge in [0.1, 0.15) is 17.3 Å². The number of nitrogens with zero attached hydrogens (tertiary/aromatic N) is 1. The molecule has 3 rings (SSSR count). The molecule has 1 heterocycles. The van der Waals surface area contributed by atoms with Gasteiger partial charge in [-0.25, -0.2) is 4.39 Å². The van der Waals surface area contributed by atoms with Crippen molar-refractivity contribution in [2.24, 2.45) is 0 Å². The Morgan fingerprint density at radius 2 is 1.74 bits per heavy atom. The second-order valence-electron chi connectivity index (χ2n) is 5.51. The summed E-state index contributed by atoms with van der Waals surface area (Å²) in [4.78, 5) is 14.2. The number of rotatable bonds is 3. The molecule has 23 heavy (non-hydrogen) atoms. The number of ether oxygens (including phenoxy) is 2. The topological polar surface area (TPSA) is 38.8 Å². The highest BCUT2D eigenvalue weighted by Crippen LogP contribution is 2.22. The van der Waals surface area contributed by atoms with E-state index in [0.29, 0.717) is 36.8 Å². The van der Waals surface area contributed by atoms with Gasteiger partial charge in [-0.05, 0) is 55.5 Å². The maximum Gasteiger partial charge on any atom is 0.254 e. The molecule has 1 saturated heterocycles. The van der Waals surface area contributed by atoms with Crippen LogP contribution in [0.3, 0.4) is 0 Å². The molecule has 0 N–H and O–H groups in total. The Bertz CT molecular complexity index is 670. The van der Waals surface area contributed by atoms with Gasteiger partial charge in [0.2, 0.25) is 0 Å². The molecular formula is C18H18FNO3. The lowest BCUT2D eigenvalue weighted by molar-refractivity contribution is -0.0124. The Balaban J connectivity index is 1.66. The lowest BCUT2D eigenvalue weighted by atomic mass is 10.1. The van der Waals surface area contributed by atoms with Crippen LogP contribution in [0.1, 0.15) is 17.3 Å². The van der Waals surface area contributed by atoms with E-state index in [2.05, 4.69) is 0 Å². The van der Waals surface area contributed by atoms with Crippen LogP contribution in [0.25, 0.3) is 0 Å². The van der Waals surface area contributed by atoms with Gasteiger partial charge < -0.3 is 14.4 Å². The van der Waals surface area contributed by atoms with Gasteiger partial charge in [-0.3, -0.25) is 4.79 Å². The summed E-state index contributed by atoms with van der Waals surface area (Å²) in [7, 11) is 0. The average Bonchev–Trinajstić information content (AvgIpc) is 2.57. The molecule has 0 aliphatic carbocycles. The zero-order chi connectivity index (χ0) is 16.2. The molecule has 5 heteroatoms. The van der Waals surface area contributed by atoms with Crippen molar-refractivity contribution in [1.82, 2.24) is 4.90 Å². The fourth-order valence-electron chi connectivity index (χ4n) is 2.49. The summed E-state index contributed by atoms with van der Waals surface area (Å²) in [6, 6.07) is 12.7. The first-order valence-electron chi connectivity index (χ1n) is 7.56. The third kappa shape index (κ3) is 3.87. The van der Waals surface area contributed by atoms with Gasteiger partial charge in [0, 0.05) is 18.7 Å². The summed E-state index contributed by atoms with van der Waals surface area (Å²) < 4.78 is 23.9. The van der Waals surface area contributed by atoms with Gasteiger partial charge in [0.25, 0.3) is 5.91 Å². The predicted octanol–water partition coefficient (Wildman–Crippen LogP) is 3.48. The van der Waals surface area contributed by atoms with E-state index in [0.717, 1.165) is 0 Å². The largest absolute Gasteiger partial charge is 0.457 e. The zero-order valence-corrected chi connectivity index (χ0v) is 12.9. The van der Waals surface area contributed by atoms with Crippen LogP contribution in [-0.4, -0.2) is 36.6 Å². The average molecular weight is 315 g/mol. The predicted molar refractivity (Wildman–Crippen MR) is 84.2 cm³/mol. The highest BCUT2D eigenvalue weighted by Gasteiger charge is 2.22.